The number of nitrogens with one attached hydrogen (secondary N) is 1. The van der Waals surface area contributed by atoms with Crippen molar-refractivity contribution in [1.29, 1.82) is 0 Å². The van der Waals surface area contributed by atoms with Gasteiger partial charge in [-0.05, 0) is 43.7 Å². The molecule has 1 N–H and O–H groups in total. The van der Waals surface area contributed by atoms with Gasteiger partial charge in [0, 0.05) is 56.0 Å². The molecule has 1 aliphatic rings. The van der Waals surface area contributed by atoms with E-state index in [2.05, 4.69) is 9.88 Å². The van der Waals surface area contributed by atoms with Crippen molar-refractivity contribution in [3.8, 4) is 0 Å². The minimum absolute atomic E-state index is 0.0806. The molecule has 0 radical (unpaired) electrons. The molecule has 3 rings (SSSR count). The highest BCUT2D eigenvalue weighted by molar-refractivity contribution is 5.94. The van der Waals surface area contributed by atoms with E-state index in [-0.39, 0.29) is 23.8 Å². The van der Waals surface area contributed by atoms with Crippen LogP contribution in [0.15, 0.2) is 48.8 Å². The molecule has 0 bridgehead atoms. The van der Waals surface area contributed by atoms with Crippen molar-refractivity contribution in [3.05, 3.63) is 59.9 Å². The lowest BCUT2D eigenvalue weighted by molar-refractivity contribution is -0.129. The van der Waals surface area contributed by atoms with Crippen LogP contribution in [-0.4, -0.2) is 40.4 Å². The monoisotopic (exact) mass is 339 g/mol. The Bertz CT molecular complexity index is 720. The Morgan fingerprint density at radius 2 is 1.88 bits per heavy atom. The summed E-state index contributed by atoms with van der Waals surface area (Å²) in [5, 5.41) is 2.96. The molecule has 2 amide bonds. The highest BCUT2D eigenvalue weighted by Gasteiger charge is 2.31. The normalized spacial score (nSPS) is 17.3. The van der Waals surface area contributed by atoms with Crippen molar-refractivity contribution in [2.24, 2.45) is 5.92 Å². The van der Waals surface area contributed by atoms with Gasteiger partial charge in [0.2, 0.25) is 5.91 Å². The van der Waals surface area contributed by atoms with Crippen molar-refractivity contribution >= 4 is 11.8 Å². The lowest BCUT2D eigenvalue weighted by atomic mass is 10.1. The lowest BCUT2D eigenvalue weighted by Crippen LogP contribution is -2.34. The van der Waals surface area contributed by atoms with E-state index in [1.165, 1.54) is 0 Å². The molecule has 1 aromatic heterocycles. The number of hydrogen-bond acceptors (Lipinski definition) is 2. The van der Waals surface area contributed by atoms with Crippen LogP contribution in [0.5, 0.6) is 0 Å². The third-order valence-corrected chi connectivity index (χ3v) is 4.66. The van der Waals surface area contributed by atoms with E-state index in [0.717, 1.165) is 18.7 Å². The molecule has 0 unspecified atom stereocenters. The SMILES string of the molecule is CC(C)N1C[C@H](CNC(=O)c2ccc(Cn3cccc3)cc2)CC1=O. The van der Waals surface area contributed by atoms with E-state index in [4.69, 9.17) is 0 Å². The van der Waals surface area contributed by atoms with Crippen LogP contribution in [0, 0.1) is 5.92 Å². The van der Waals surface area contributed by atoms with Crippen molar-refractivity contribution in [2.75, 3.05) is 13.1 Å². The van der Waals surface area contributed by atoms with E-state index in [1.54, 1.807) is 0 Å². The highest BCUT2D eigenvalue weighted by atomic mass is 16.2. The number of hydrogen-bond donors (Lipinski definition) is 1. The summed E-state index contributed by atoms with van der Waals surface area (Å²) in [6, 6.07) is 11.9. The van der Waals surface area contributed by atoms with Gasteiger partial charge in [0.05, 0.1) is 0 Å². The fraction of sp³-hybridized carbons (Fsp3) is 0.400. The summed E-state index contributed by atoms with van der Waals surface area (Å²) in [6.45, 7) is 6.11. The summed E-state index contributed by atoms with van der Waals surface area (Å²) in [5.41, 5.74) is 1.81. The van der Waals surface area contributed by atoms with Crippen molar-refractivity contribution < 1.29 is 9.59 Å². The molecule has 2 heterocycles. The molecule has 1 aromatic carbocycles. The van der Waals surface area contributed by atoms with Crippen LogP contribution in [-0.2, 0) is 11.3 Å². The van der Waals surface area contributed by atoms with Gasteiger partial charge in [0.25, 0.3) is 5.91 Å². The molecule has 0 saturated carbocycles. The Morgan fingerprint density at radius 3 is 2.48 bits per heavy atom. The van der Waals surface area contributed by atoms with Gasteiger partial charge in [-0.3, -0.25) is 9.59 Å². The van der Waals surface area contributed by atoms with E-state index in [9.17, 15) is 9.59 Å². The highest BCUT2D eigenvalue weighted by Crippen LogP contribution is 2.19. The van der Waals surface area contributed by atoms with E-state index in [0.29, 0.717) is 18.5 Å². The number of nitrogens with zero attached hydrogens (tertiary/aromatic N) is 2. The molecular formula is C20H25N3O2. The maximum Gasteiger partial charge on any atom is 0.251 e. The van der Waals surface area contributed by atoms with Gasteiger partial charge >= 0.3 is 0 Å². The first kappa shape index (κ1) is 17.3. The molecule has 1 atom stereocenters. The van der Waals surface area contributed by atoms with E-state index in [1.807, 2.05) is 67.5 Å². The van der Waals surface area contributed by atoms with Gasteiger partial charge in [-0.15, -0.1) is 0 Å². The third-order valence-electron chi connectivity index (χ3n) is 4.66. The Kier molecular flexibility index (Phi) is 5.22. The van der Waals surface area contributed by atoms with Crippen LogP contribution >= 0.6 is 0 Å². The first-order valence-corrected chi connectivity index (χ1v) is 8.80. The summed E-state index contributed by atoms with van der Waals surface area (Å²) in [5.74, 6) is 0.304. The van der Waals surface area contributed by atoms with Gasteiger partial charge in [-0.25, -0.2) is 0 Å². The minimum Gasteiger partial charge on any atom is -0.352 e. The summed E-state index contributed by atoms with van der Waals surface area (Å²) in [7, 11) is 0. The Hall–Kier alpha value is -2.56. The summed E-state index contributed by atoms with van der Waals surface area (Å²) >= 11 is 0. The quantitative estimate of drug-likeness (QED) is 0.879. The fourth-order valence-corrected chi connectivity index (χ4v) is 3.23. The number of carbonyl (C=O) groups excluding carboxylic acids is 2. The van der Waals surface area contributed by atoms with Crippen LogP contribution in [0.1, 0.15) is 36.2 Å². The van der Waals surface area contributed by atoms with Crippen LogP contribution in [0.4, 0.5) is 0 Å². The van der Waals surface area contributed by atoms with Gasteiger partial charge in [0.1, 0.15) is 0 Å². The Morgan fingerprint density at radius 1 is 1.20 bits per heavy atom. The molecule has 1 saturated heterocycles. The number of amides is 2. The average Bonchev–Trinajstić information content (AvgIpc) is 3.23. The molecule has 1 fully saturated rings. The zero-order valence-electron chi connectivity index (χ0n) is 14.8. The molecule has 5 nitrogen and oxygen atoms in total. The predicted octanol–water partition coefficient (Wildman–Crippen LogP) is 2.52. The van der Waals surface area contributed by atoms with Crippen LogP contribution < -0.4 is 5.32 Å². The third kappa shape index (κ3) is 4.29. The molecule has 5 heteroatoms. The number of likely N-dealkylation sites (tertiary alicyclic amines) is 1. The van der Waals surface area contributed by atoms with Gasteiger partial charge < -0.3 is 14.8 Å². The van der Waals surface area contributed by atoms with Crippen LogP contribution in [0.25, 0.3) is 0 Å². The second-order valence-corrected chi connectivity index (χ2v) is 6.97. The summed E-state index contributed by atoms with van der Waals surface area (Å²) in [4.78, 5) is 26.1. The van der Waals surface area contributed by atoms with Crippen molar-refractivity contribution in [3.63, 3.8) is 0 Å². The van der Waals surface area contributed by atoms with Crippen LogP contribution in [0.2, 0.25) is 0 Å². The van der Waals surface area contributed by atoms with E-state index >= 15 is 0 Å². The maximum absolute atomic E-state index is 12.3. The molecular weight excluding hydrogens is 314 g/mol. The Labute approximate surface area is 148 Å². The fourth-order valence-electron chi connectivity index (χ4n) is 3.23. The molecule has 0 spiro atoms. The standard InChI is InChI=1S/C20H25N3O2/c1-15(2)23-14-17(11-19(23)24)12-21-20(25)18-7-5-16(6-8-18)13-22-9-3-4-10-22/h3-10,15,17H,11-14H2,1-2H3,(H,21,25)/t17-/m0/s1. The number of aromatic nitrogens is 1. The second-order valence-electron chi connectivity index (χ2n) is 6.97. The zero-order valence-corrected chi connectivity index (χ0v) is 14.8. The maximum atomic E-state index is 12.3. The molecule has 2 aromatic rings. The first-order valence-electron chi connectivity index (χ1n) is 8.80. The number of rotatable bonds is 6. The molecule has 0 aliphatic carbocycles. The van der Waals surface area contributed by atoms with Crippen molar-refractivity contribution in [1.82, 2.24) is 14.8 Å². The predicted molar refractivity (Wildman–Crippen MR) is 97.3 cm³/mol. The smallest absolute Gasteiger partial charge is 0.251 e. The molecule has 1 aliphatic heterocycles. The molecule has 25 heavy (non-hydrogen) atoms. The van der Waals surface area contributed by atoms with Crippen molar-refractivity contribution in [2.45, 2.75) is 32.9 Å². The summed E-state index contributed by atoms with van der Waals surface area (Å²) < 4.78 is 2.09. The number of benzene rings is 1. The average molecular weight is 339 g/mol. The minimum atomic E-state index is -0.0806. The first-order chi connectivity index (χ1) is 12.0. The van der Waals surface area contributed by atoms with Gasteiger partial charge in [-0.1, -0.05) is 12.1 Å². The van der Waals surface area contributed by atoms with Crippen LogP contribution in [0.3, 0.4) is 0 Å². The van der Waals surface area contributed by atoms with Gasteiger partial charge in [-0.2, -0.15) is 0 Å². The van der Waals surface area contributed by atoms with E-state index < -0.39 is 0 Å². The molecule has 132 valence electrons. The topological polar surface area (TPSA) is 54.3 Å². The van der Waals surface area contributed by atoms with Gasteiger partial charge in [0.15, 0.2) is 0 Å². The summed E-state index contributed by atoms with van der Waals surface area (Å²) in [6.07, 6.45) is 4.56. The largest absolute Gasteiger partial charge is 0.352 e. The lowest BCUT2D eigenvalue weighted by Gasteiger charge is -2.21. The second kappa shape index (κ2) is 7.55. The zero-order chi connectivity index (χ0) is 17.8. The number of carbonyl (C=O) groups is 2. The Balaban J connectivity index is 1.51.